The van der Waals surface area contributed by atoms with Gasteiger partial charge in [0.25, 0.3) is 0 Å². The first-order chi connectivity index (χ1) is 7.27. The molecule has 15 heavy (non-hydrogen) atoms. The molecule has 0 amide bonds. The number of nitrogens with two attached hydrogens (primary N) is 1. The molecule has 0 bridgehead atoms. The van der Waals surface area contributed by atoms with Crippen LogP contribution in [0, 0.1) is 0 Å². The third-order valence-corrected chi connectivity index (χ3v) is 2.56. The third kappa shape index (κ3) is 4.02. The first-order valence-corrected chi connectivity index (χ1v) is 5.66. The topological polar surface area (TPSA) is 35.2 Å². The summed E-state index contributed by atoms with van der Waals surface area (Å²) in [6.45, 7) is 5.55. The molecule has 1 rings (SSSR count). The van der Waals surface area contributed by atoms with Crippen molar-refractivity contribution >= 4 is 0 Å². The Labute approximate surface area is 92.4 Å². The summed E-state index contributed by atoms with van der Waals surface area (Å²) in [7, 11) is 0. The molecule has 0 saturated carbocycles. The van der Waals surface area contributed by atoms with Crippen LogP contribution in [0.4, 0.5) is 0 Å². The molecular weight excluding hydrogens is 186 g/mol. The Bertz CT molecular complexity index is 286. The van der Waals surface area contributed by atoms with Gasteiger partial charge in [-0.2, -0.15) is 0 Å². The average molecular weight is 207 g/mol. The second kappa shape index (κ2) is 6.59. The van der Waals surface area contributed by atoms with Gasteiger partial charge in [-0.3, -0.25) is 0 Å². The van der Waals surface area contributed by atoms with Crippen molar-refractivity contribution in [3.63, 3.8) is 0 Å². The van der Waals surface area contributed by atoms with E-state index in [9.17, 15) is 0 Å². The lowest BCUT2D eigenvalue weighted by molar-refractivity contribution is 0.0468. The fourth-order valence-electron chi connectivity index (χ4n) is 1.62. The Morgan fingerprint density at radius 1 is 1.27 bits per heavy atom. The van der Waals surface area contributed by atoms with Crippen molar-refractivity contribution in [3.05, 3.63) is 35.4 Å². The van der Waals surface area contributed by atoms with Gasteiger partial charge in [0.05, 0.1) is 12.7 Å². The minimum Gasteiger partial charge on any atom is -0.374 e. The zero-order chi connectivity index (χ0) is 11.1. The van der Waals surface area contributed by atoms with Gasteiger partial charge in [-0.05, 0) is 24.5 Å². The maximum absolute atomic E-state index is 5.76. The van der Waals surface area contributed by atoms with Crippen LogP contribution < -0.4 is 5.73 Å². The lowest BCUT2D eigenvalue weighted by Gasteiger charge is -2.13. The average Bonchev–Trinajstić information content (AvgIpc) is 2.27. The Hall–Kier alpha value is -0.860. The molecule has 0 radical (unpaired) electrons. The smallest absolute Gasteiger partial charge is 0.0723 e. The van der Waals surface area contributed by atoms with Gasteiger partial charge >= 0.3 is 0 Å². The van der Waals surface area contributed by atoms with Gasteiger partial charge in [0, 0.05) is 6.54 Å². The number of rotatable bonds is 6. The number of ether oxygens (including phenoxy) is 1. The van der Waals surface area contributed by atoms with Crippen molar-refractivity contribution in [2.75, 3.05) is 0 Å². The van der Waals surface area contributed by atoms with E-state index < -0.39 is 0 Å². The minimum atomic E-state index is 0.334. The number of hydrogen-bond donors (Lipinski definition) is 1. The van der Waals surface area contributed by atoms with Gasteiger partial charge in [-0.25, -0.2) is 0 Å². The summed E-state index contributed by atoms with van der Waals surface area (Å²) >= 11 is 0. The monoisotopic (exact) mass is 207 g/mol. The molecule has 1 aromatic carbocycles. The first kappa shape index (κ1) is 12.2. The molecule has 2 nitrogen and oxygen atoms in total. The van der Waals surface area contributed by atoms with Crippen LogP contribution >= 0.6 is 0 Å². The van der Waals surface area contributed by atoms with E-state index in [4.69, 9.17) is 10.5 Å². The third-order valence-electron chi connectivity index (χ3n) is 2.56. The minimum absolute atomic E-state index is 0.334. The predicted octanol–water partition coefficient (Wildman–Crippen LogP) is 2.85. The second-order valence-corrected chi connectivity index (χ2v) is 3.88. The highest BCUT2D eigenvalue weighted by molar-refractivity contribution is 5.26. The zero-order valence-electron chi connectivity index (χ0n) is 9.70. The summed E-state index contributed by atoms with van der Waals surface area (Å²) in [6.07, 6.45) is 2.62. The molecule has 0 aliphatic rings. The van der Waals surface area contributed by atoms with Crippen LogP contribution in [0.5, 0.6) is 0 Å². The van der Waals surface area contributed by atoms with Crippen LogP contribution in [-0.2, 0) is 17.9 Å². The lowest BCUT2D eigenvalue weighted by atomic mass is 10.1. The molecule has 0 fully saturated rings. The van der Waals surface area contributed by atoms with Gasteiger partial charge in [0.1, 0.15) is 0 Å². The SMILES string of the molecule is CCCC(C)OCc1ccccc1CN. The van der Waals surface area contributed by atoms with E-state index >= 15 is 0 Å². The number of benzene rings is 1. The van der Waals surface area contributed by atoms with E-state index in [0.29, 0.717) is 19.3 Å². The van der Waals surface area contributed by atoms with Crippen molar-refractivity contribution in [3.8, 4) is 0 Å². The van der Waals surface area contributed by atoms with Crippen LogP contribution in [-0.4, -0.2) is 6.10 Å². The molecule has 1 aromatic rings. The Morgan fingerprint density at radius 3 is 2.53 bits per heavy atom. The molecule has 0 spiro atoms. The highest BCUT2D eigenvalue weighted by Crippen LogP contribution is 2.11. The van der Waals surface area contributed by atoms with E-state index in [2.05, 4.69) is 26.0 Å². The van der Waals surface area contributed by atoms with Crippen LogP contribution in [0.3, 0.4) is 0 Å². The molecular formula is C13H21NO. The van der Waals surface area contributed by atoms with Crippen molar-refractivity contribution in [1.29, 1.82) is 0 Å². The predicted molar refractivity (Wildman–Crippen MR) is 63.5 cm³/mol. The second-order valence-electron chi connectivity index (χ2n) is 3.88. The van der Waals surface area contributed by atoms with Gasteiger partial charge in [-0.15, -0.1) is 0 Å². The van der Waals surface area contributed by atoms with Gasteiger partial charge in [0.2, 0.25) is 0 Å². The summed E-state index contributed by atoms with van der Waals surface area (Å²) < 4.78 is 5.76. The molecule has 2 heteroatoms. The fraction of sp³-hybridized carbons (Fsp3) is 0.538. The van der Waals surface area contributed by atoms with Crippen LogP contribution in [0.1, 0.15) is 37.8 Å². The highest BCUT2D eigenvalue weighted by atomic mass is 16.5. The first-order valence-electron chi connectivity index (χ1n) is 5.66. The molecule has 0 aliphatic carbocycles. The normalized spacial score (nSPS) is 12.7. The van der Waals surface area contributed by atoms with Crippen LogP contribution in [0.15, 0.2) is 24.3 Å². The van der Waals surface area contributed by atoms with E-state index in [-0.39, 0.29) is 0 Å². The van der Waals surface area contributed by atoms with Crippen LogP contribution in [0.25, 0.3) is 0 Å². The Kier molecular flexibility index (Phi) is 5.37. The standard InChI is InChI=1S/C13H21NO/c1-3-6-11(2)15-10-13-8-5-4-7-12(13)9-14/h4-5,7-8,11H,3,6,9-10,14H2,1-2H3. The molecule has 2 N–H and O–H groups in total. The molecule has 84 valence electrons. The van der Waals surface area contributed by atoms with Gasteiger partial charge < -0.3 is 10.5 Å². The zero-order valence-corrected chi connectivity index (χ0v) is 9.70. The summed E-state index contributed by atoms with van der Waals surface area (Å²) in [5, 5.41) is 0. The molecule has 0 saturated heterocycles. The Balaban J connectivity index is 2.49. The van der Waals surface area contributed by atoms with Crippen molar-refractivity contribution in [2.45, 2.75) is 45.9 Å². The number of hydrogen-bond acceptors (Lipinski definition) is 2. The quantitative estimate of drug-likeness (QED) is 0.778. The molecule has 1 atom stereocenters. The molecule has 0 aromatic heterocycles. The van der Waals surface area contributed by atoms with Gasteiger partial charge in [0.15, 0.2) is 0 Å². The van der Waals surface area contributed by atoms with Crippen molar-refractivity contribution in [2.24, 2.45) is 5.73 Å². The van der Waals surface area contributed by atoms with Gasteiger partial charge in [-0.1, -0.05) is 37.6 Å². The van der Waals surface area contributed by atoms with Crippen molar-refractivity contribution < 1.29 is 4.74 Å². The van der Waals surface area contributed by atoms with E-state index in [1.165, 1.54) is 17.5 Å². The van der Waals surface area contributed by atoms with E-state index in [0.717, 1.165) is 6.42 Å². The summed E-state index contributed by atoms with van der Waals surface area (Å²) in [5.41, 5.74) is 8.05. The van der Waals surface area contributed by atoms with E-state index in [1.807, 2.05) is 12.1 Å². The van der Waals surface area contributed by atoms with Crippen molar-refractivity contribution in [1.82, 2.24) is 0 Å². The summed E-state index contributed by atoms with van der Waals surface area (Å²) in [4.78, 5) is 0. The van der Waals surface area contributed by atoms with E-state index in [1.54, 1.807) is 0 Å². The Morgan fingerprint density at radius 2 is 1.93 bits per heavy atom. The lowest BCUT2D eigenvalue weighted by Crippen LogP contribution is -2.09. The summed E-state index contributed by atoms with van der Waals surface area (Å²) in [6, 6.07) is 8.19. The van der Waals surface area contributed by atoms with Crippen LogP contribution in [0.2, 0.25) is 0 Å². The molecule has 0 heterocycles. The largest absolute Gasteiger partial charge is 0.374 e. The molecule has 1 unspecified atom stereocenters. The molecule has 0 aliphatic heterocycles. The highest BCUT2D eigenvalue weighted by Gasteiger charge is 2.03. The fourth-order valence-corrected chi connectivity index (χ4v) is 1.62. The maximum atomic E-state index is 5.76. The summed E-state index contributed by atoms with van der Waals surface area (Å²) in [5.74, 6) is 0. The maximum Gasteiger partial charge on any atom is 0.0723 e.